The molecule has 3 atom stereocenters. The summed E-state index contributed by atoms with van der Waals surface area (Å²) < 4.78 is 31.8. The van der Waals surface area contributed by atoms with Gasteiger partial charge in [-0.1, -0.05) is 19.1 Å². The molecule has 2 aliphatic rings. The third-order valence-electron chi connectivity index (χ3n) is 7.79. The maximum Gasteiger partial charge on any atom is 0.258 e. The predicted octanol–water partition coefficient (Wildman–Crippen LogP) is 4.31. The van der Waals surface area contributed by atoms with Crippen molar-refractivity contribution in [3.05, 3.63) is 59.4 Å². The Hall–Kier alpha value is -3.01. The van der Waals surface area contributed by atoms with Gasteiger partial charge in [0.2, 0.25) is 0 Å². The van der Waals surface area contributed by atoms with Crippen LogP contribution in [-0.2, 0) is 9.47 Å². The van der Waals surface area contributed by atoms with Crippen molar-refractivity contribution in [1.29, 1.82) is 0 Å². The minimum Gasteiger partial charge on any atom is -0.491 e. The van der Waals surface area contributed by atoms with Crippen molar-refractivity contribution in [2.45, 2.75) is 38.8 Å². The van der Waals surface area contributed by atoms with Crippen molar-refractivity contribution in [3.8, 4) is 5.75 Å². The maximum absolute atomic E-state index is 14.1. The number of benzene rings is 2. The van der Waals surface area contributed by atoms with Gasteiger partial charge in [-0.2, -0.15) is 0 Å². The first-order valence-corrected chi connectivity index (χ1v) is 13.7. The highest BCUT2D eigenvalue weighted by atomic mass is 19.1. The summed E-state index contributed by atoms with van der Waals surface area (Å²) in [4.78, 5) is 30.3. The van der Waals surface area contributed by atoms with Gasteiger partial charge in [-0.3, -0.25) is 14.5 Å². The molecule has 39 heavy (non-hydrogen) atoms. The van der Waals surface area contributed by atoms with E-state index in [4.69, 9.17) is 14.2 Å². The van der Waals surface area contributed by atoms with Crippen LogP contribution in [-0.4, -0.2) is 87.4 Å². The first kappa shape index (κ1) is 29.0. The Morgan fingerprint density at radius 2 is 1.87 bits per heavy atom. The molecule has 2 aromatic rings. The van der Waals surface area contributed by atoms with E-state index in [1.54, 1.807) is 43.3 Å². The van der Waals surface area contributed by atoms with Crippen LogP contribution in [0, 0.1) is 17.7 Å². The standard InChI is InChI=1S/C30H40FN3O5/c1-20-16-34(17-22-11-13-38-14-12-22)21(2)19-39-27-15-23(32-29(35)24-7-5-6-8-26(24)31)9-10-25(27)30(36)33(3)18-28(20)37-4/h5-10,15,20-22,28H,11-14,16-19H2,1-4H3,(H,32,35)/t20-,21-,28+/m1/s1. The summed E-state index contributed by atoms with van der Waals surface area (Å²) >= 11 is 0. The summed E-state index contributed by atoms with van der Waals surface area (Å²) in [5.41, 5.74) is 0.756. The molecule has 0 unspecified atom stereocenters. The smallest absolute Gasteiger partial charge is 0.258 e. The molecule has 2 aromatic carbocycles. The van der Waals surface area contributed by atoms with Crippen LogP contribution in [0.2, 0.25) is 0 Å². The van der Waals surface area contributed by atoms with Gasteiger partial charge in [0.15, 0.2) is 0 Å². The molecule has 2 heterocycles. The largest absolute Gasteiger partial charge is 0.491 e. The number of rotatable bonds is 5. The second-order valence-electron chi connectivity index (χ2n) is 10.8. The number of ether oxygens (including phenoxy) is 3. The lowest BCUT2D eigenvalue weighted by atomic mass is 9.96. The molecule has 1 saturated heterocycles. The fraction of sp³-hybridized carbons (Fsp3) is 0.533. The van der Waals surface area contributed by atoms with Crippen LogP contribution in [0.15, 0.2) is 42.5 Å². The summed E-state index contributed by atoms with van der Waals surface area (Å²) in [6.07, 6.45) is 1.95. The van der Waals surface area contributed by atoms with Gasteiger partial charge in [0.1, 0.15) is 18.2 Å². The lowest BCUT2D eigenvalue weighted by Crippen LogP contribution is -2.48. The molecule has 9 heteroatoms. The van der Waals surface area contributed by atoms with Crippen LogP contribution < -0.4 is 10.1 Å². The highest BCUT2D eigenvalue weighted by molar-refractivity contribution is 6.05. The summed E-state index contributed by atoms with van der Waals surface area (Å²) in [6.45, 7) is 8.44. The molecular weight excluding hydrogens is 501 g/mol. The number of fused-ring (bicyclic) bond motifs is 1. The number of likely N-dealkylation sites (N-methyl/N-ethyl adjacent to an activating group) is 1. The second-order valence-corrected chi connectivity index (χ2v) is 10.8. The molecule has 2 amide bonds. The van der Waals surface area contributed by atoms with E-state index in [-0.39, 0.29) is 29.5 Å². The number of hydrogen-bond acceptors (Lipinski definition) is 6. The van der Waals surface area contributed by atoms with Gasteiger partial charge in [-0.25, -0.2) is 4.39 Å². The van der Waals surface area contributed by atoms with E-state index in [2.05, 4.69) is 24.1 Å². The first-order chi connectivity index (χ1) is 18.8. The van der Waals surface area contributed by atoms with Gasteiger partial charge >= 0.3 is 0 Å². The summed E-state index contributed by atoms with van der Waals surface area (Å²) in [6, 6.07) is 10.8. The molecule has 0 radical (unpaired) electrons. The molecule has 4 rings (SSSR count). The van der Waals surface area contributed by atoms with Crippen LogP contribution in [0.25, 0.3) is 0 Å². The zero-order valence-corrected chi connectivity index (χ0v) is 23.3. The van der Waals surface area contributed by atoms with Gasteiger partial charge in [0, 0.05) is 64.8 Å². The molecule has 0 aromatic heterocycles. The molecule has 0 spiro atoms. The van der Waals surface area contributed by atoms with Gasteiger partial charge in [-0.15, -0.1) is 0 Å². The normalized spacial score (nSPS) is 23.8. The van der Waals surface area contributed by atoms with Crippen molar-refractivity contribution in [2.75, 3.05) is 58.9 Å². The summed E-state index contributed by atoms with van der Waals surface area (Å²) in [5, 5.41) is 2.73. The Labute approximate surface area is 230 Å². The number of halogens is 1. The van der Waals surface area contributed by atoms with Crippen LogP contribution in [0.1, 0.15) is 47.4 Å². The summed E-state index contributed by atoms with van der Waals surface area (Å²) in [5.74, 6) is -0.245. The van der Waals surface area contributed by atoms with Gasteiger partial charge in [-0.05, 0) is 55.9 Å². The Kier molecular flexibility index (Phi) is 9.94. The lowest BCUT2D eigenvalue weighted by molar-refractivity contribution is 0.0000254. The topological polar surface area (TPSA) is 80.3 Å². The Morgan fingerprint density at radius 1 is 1.13 bits per heavy atom. The van der Waals surface area contributed by atoms with Crippen molar-refractivity contribution < 1.29 is 28.2 Å². The Bertz CT molecular complexity index is 1140. The number of amides is 2. The molecule has 0 bridgehead atoms. The van der Waals surface area contributed by atoms with E-state index in [1.807, 2.05) is 0 Å². The van der Waals surface area contributed by atoms with E-state index in [9.17, 15) is 14.0 Å². The van der Waals surface area contributed by atoms with E-state index in [0.29, 0.717) is 36.1 Å². The molecule has 2 aliphatic heterocycles. The molecule has 0 saturated carbocycles. The SMILES string of the molecule is CO[C@H]1CN(C)C(=O)c2ccc(NC(=O)c3ccccc3F)cc2OC[C@@H](C)N(CC2CCOCC2)C[C@H]1C. The number of nitrogens with zero attached hydrogens (tertiary/aromatic N) is 2. The van der Waals surface area contributed by atoms with E-state index < -0.39 is 11.7 Å². The lowest BCUT2D eigenvalue weighted by Gasteiger charge is -2.38. The quantitative estimate of drug-likeness (QED) is 0.608. The van der Waals surface area contributed by atoms with Crippen molar-refractivity contribution in [1.82, 2.24) is 9.80 Å². The average molecular weight is 542 g/mol. The fourth-order valence-corrected chi connectivity index (χ4v) is 5.28. The molecular formula is C30H40FN3O5. The Morgan fingerprint density at radius 3 is 2.59 bits per heavy atom. The average Bonchev–Trinajstić information content (AvgIpc) is 2.94. The Balaban J connectivity index is 1.60. The minimum atomic E-state index is -0.602. The van der Waals surface area contributed by atoms with E-state index in [1.165, 1.54) is 18.2 Å². The van der Waals surface area contributed by atoms with Crippen LogP contribution in [0.3, 0.4) is 0 Å². The van der Waals surface area contributed by atoms with Gasteiger partial charge in [0.25, 0.3) is 11.8 Å². The number of nitrogens with one attached hydrogen (secondary N) is 1. The summed E-state index contributed by atoms with van der Waals surface area (Å²) in [7, 11) is 3.45. The van der Waals surface area contributed by atoms with Crippen LogP contribution in [0.5, 0.6) is 5.75 Å². The minimum absolute atomic E-state index is 0.0564. The number of methoxy groups -OCH3 is 1. The number of anilines is 1. The highest BCUT2D eigenvalue weighted by Gasteiger charge is 2.30. The van der Waals surface area contributed by atoms with Crippen LogP contribution >= 0.6 is 0 Å². The predicted molar refractivity (Wildman–Crippen MR) is 148 cm³/mol. The highest BCUT2D eigenvalue weighted by Crippen LogP contribution is 2.28. The third-order valence-corrected chi connectivity index (χ3v) is 7.79. The van der Waals surface area contributed by atoms with Crippen molar-refractivity contribution >= 4 is 17.5 Å². The number of hydrogen-bond donors (Lipinski definition) is 1. The van der Waals surface area contributed by atoms with Gasteiger partial charge < -0.3 is 24.4 Å². The maximum atomic E-state index is 14.1. The fourth-order valence-electron chi connectivity index (χ4n) is 5.28. The zero-order chi connectivity index (χ0) is 27.9. The van der Waals surface area contributed by atoms with Gasteiger partial charge in [0.05, 0.1) is 17.2 Å². The molecule has 0 aliphatic carbocycles. The molecule has 1 fully saturated rings. The molecule has 8 nitrogen and oxygen atoms in total. The van der Waals surface area contributed by atoms with Crippen molar-refractivity contribution in [2.24, 2.45) is 11.8 Å². The first-order valence-electron chi connectivity index (χ1n) is 13.7. The van der Waals surface area contributed by atoms with Crippen molar-refractivity contribution in [3.63, 3.8) is 0 Å². The molecule has 1 N–H and O–H groups in total. The van der Waals surface area contributed by atoms with Crippen LogP contribution in [0.4, 0.5) is 10.1 Å². The van der Waals surface area contributed by atoms with E-state index >= 15 is 0 Å². The third kappa shape index (κ3) is 7.35. The van der Waals surface area contributed by atoms with E-state index in [0.717, 1.165) is 39.1 Å². The zero-order valence-electron chi connectivity index (χ0n) is 23.3. The monoisotopic (exact) mass is 541 g/mol. The molecule has 212 valence electrons. The number of carbonyl (C=O) groups is 2. The number of carbonyl (C=O) groups excluding carboxylic acids is 2. The second kappa shape index (κ2) is 13.4.